The summed E-state index contributed by atoms with van der Waals surface area (Å²) in [6.07, 6.45) is 1.64. The molecule has 0 N–H and O–H groups in total. The van der Waals surface area contributed by atoms with Crippen molar-refractivity contribution in [1.29, 1.82) is 0 Å². The molecule has 0 aliphatic carbocycles. The maximum atomic E-state index is 12.3. The molecule has 0 spiro atoms. The van der Waals surface area contributed by atoms with E-state index in [1.54, 1.807) is 18.0 Å². The lowest BCUT2D eigenvalue weighted by molar-refractivity contribution is -0.133. The maximum Gasteiger partial charge on any atom is 0.261 e. The highest BCUT2D eigenvalue weighted by Gasteiger charge is 2.32. The van der Waals surface area contributed by atoms with Gasteiger partial charge in [0, 0.05) is 12.3 Å². The molecule has 1 saturated heterocycles. The minimum atomic E-state index is -0.0307. The molecule has 1 aliphatic rings. The lowest BCUT2D eigenvalue weighted by atomic mass is 10.3. The molecule has 0 saturated carbocycles. The number of nitrogens with zero attached hydrogens (tertiary/aromatic N) is 1. The van der Waals surface area contributed by atoms with Crippen LogP contribution in [0.5, 0.6) is 5.75 Å². The van der Waals surface area contributed by atoms with E-state index in [4.69, 9.17) is 9.15 Å². The molecule has 0 bridgehead atoms. The number of hydrogen-bond donors (Lipinski definition) is 0. The van der Waals surface area contributed by atoms with Crippen LogP contribution in [0.1, 0.15) is 11.1 Å². The molecule has 0 unspecified atom stereocenters. The van der Waals surface area contributed by atoms with E-state index in [0.717, 1.165) is 18.1 Å². The van der Waals surface area contributed by atoms with Gasteiger partial charge in [-0.1, -0.05) is 18.2 Å². The largest absolute Gasteiger partial charge is 0.484 e. The van der Waals surface area contributed by atoms with E-state index in [0.29, 0.717) is 5.75 Å². The highest BCUT2D eigenvalue weighted by Crippen LogP contribution is 2.37. The van der Waals surface area contributed by atoms with Crippen molar-refractivity contribution in [2.45, 2.75) is 5.37 Å². The summed E-state index contributed by atoms with van der Waals surface area (Å²) in [4.78, 5) is 14.1. The van der Waals surface area contributed by atoms with Gasteiger partial charge in [-0.25, -0.2) is 0 Å². The van der Waals surface area contributed by atoms with Gasteiger partial charge in [-0.3, -0.25) is 4.79 Å². The molecule has 1 aromatic heterocycles. The fourth-order valence-corrected chi connectivity index (χ4v) is 3.36. The summed E-state index contributed by atoms with van der Waals surface area (Å²) in [5.74, 6) is 2.44. The second-order valence-electron chi connectivity index (χ2n) is 4.43. The number of hydrogen-bond acceptors (Lipinski definition) is 4. The van der Waals surface area contributed by atoms with Crippen LogP contribution in [0.15, 0.2) is 53.1 Å². The molecule has 104 valence electrons. The van der Waals surface area contributed by atoms with Crippen molar-refractivity contribution >= 4 is 17.7 Å². The zero-order chi connectivity index (χ0) is 13.8. The van der Waals surface area contributed by atoms with Crippen molar-refractivity contribution in [1.82, 2.24) is 4.90 Å². The molecular weight excluding hydrogens is 274 g/mol. The fourth-order valence-electron chi connectivity index (χ4n) is 2.14. The van der Waals surface area contributed by atoms with Crippen LogP contribution < -0.4 is 4.74 Å². The summed E-state index contributed by atoms with van der Waals surface area (Å²) in [6, 6.07) is 13.1. The Bertz CT molecular complexity index is 556. The smallest absolute Gasteiger partial charge is 0.261 e. The van der Waals surface area contributed by atoms with Crippen molar-refractivity contribution in [3.8, 4) is 5.75 Å². The number of furan rings is 1. The first-order valence-corrected chi connectivity index (χ1v) is 7.52. The molecule has 2 heterocycles. The molecule has 3 rings (SSSR count). The maximum absolute atomic E-state index is 12.3. The molecule has 1 aliphatic heterocycles. The number of benzene rings is 1. The van der Waals surface area contributed by atoms with Crippen LogP contribution in [-0.2, 0) is 4.79 Å². The summed E-state index contributed by atoms with van der Waals surface area (Å²) in [6.45, 7) is 0.787. The van der Waals surface area contributed by atoms with Gasteiger partial charge in [-0.15, -0.1) is 11.8 Å². The Hall–Kier alpha value is -1.88. The van der Waals surface area contributed by atoms with Gasteiger partial charge in [-0.2, -0.15) is 0 Å². The summed E-state index contributed by atoms with van der Waals surface area (Å²) in [7, 11) is 0. The van der Waals surface area contributed by atoms with Crippen LogP contribution in [0.4, 0.5) is 0 Å². The van der Waals surface area contributed by atoms with Gasteiger partial charge in [0.05, 0.1) is 6.26 Å². The molecule has 1 fully saturated rings. The van der Waals surface area contributed by atoms with E-state index in [2.05, 4.69) is 0 Å². The van der Waals surface area contributed by atoms with Crippen LogP contribution >= 0.6 is 11.8 Å². The Kier molecular flexibility index (Phi) is 3.97. The lowest BCUT2D eigenvalue weighted by Gasteiger charge is -2.22. The summed E-state index contributed by atoms with van der Waals surface area (Å²) >= 11 is 1.71. The van der Waals surface area contributed by atoms with Crippen LogP contribution in [0.2, 0.25) is 0 Å². The topological polar surface area (TPSA) is 42.7 Å². The van der Waals surface area contributed by atoms with Crippen molar-refractivity contribution in [3.63, 3.8) is 0 Å². The third-order valence-corrected chi connectivity index (χ3v) is 4.32. The quantitative estimate of drug-likeness (QED) is 0.868. The molecule has 2 aromatic rings. The molecule has 20 heavy (non-hydrogen) atoms. The number of carbonyl (C=O) groups excluding carboxylic acids is 1. The Morgan fingerprint density at radius 3 is 2.90 bits per heavy atom. The van der Waals surface area contributed by atoms with Gasteiger partial charge in [0.15, 0.2) is 6.61 Å². The third kappa shape index (κ3) is 2.82. The Balaban J connectivity index is 1.62. The molecule has 1 aromatic carbocycles. The summed E-state index contributed by atoms with van der Waals surface area (Å²) in [5, 5.41) is -0.0307. The van der Waals surface area contributed by atoms with E-state index in [-0.39, 0.29) is 17.9 Å². The Morgan fingerprint density at radius 2 is 2.15 bits per heavy atom. The third-order valence-electron chi connectivity index (χ3n) is 3.10. The van der Waals surface area contributed by atoms with Crippen LogP contribution in [0, 0.1) is 0 Å². The molecule has 1 atom stereocenters. The monoisotopic (exact) mass is 289 g/mol. The molecule has 5 heteroatoms. The van der Waals surface area contributed by atoms with Crippen LogP contribution in [0.3, 0.4) is 0 Å². The second-order valence-corrected chi connectivity index (χ2v) is 5.62. The zero-order valence-corrected chi connectivity index (χ0v) is 11.7. The summed E-state index contributed by atoms with van der Waals surface area (Å²) in [5.41, 5.74) is 0. The normalized spacial score (nSPS) is 18.2. The van der Waals surface area contributed by atoms with Gasteiger partial charge in [0.1, 0.15) is 16.9 Å². The van der Waals surface area contributed by atoms with Crippen molar-refractivity contribution in [2.24, 2.45) is 0 Å². The molecule has 1 amide bonds. The number of amides is 1. The second kappa shape index (κ2) is 6.05. The van der Waals surface area contributed by atoms with Gasteiger partial charge in [0.2, 0.25) is 0 Å². The first-order chi connectivity index (χ1) is 9.84. The van der Waals surface area contributed by atoms with E-state index < -0.39 is 0 Å². The SMILES string of the molecule is O=C(COc1ccccc1)N1CCS[C@H]1c1ccco1. The minimum absolute atomic E-state index is 0.0137. The molecule has 4 nitrogen and oxygen atoms in total. The highest BCUT2D eigenvalue weighted by atomic mass is 32.2. The van der Waals surface area contributed by atoms with Crippen molar-refractivity contribution in [3.05, 3.63) is 54.5 Å². The van der Waals surface area contributed by atoms with E-state index >= 15 is 0 Å². The standard InChI is InChI=1S/C15H15NO3S/c17-14(11-19-12-5-2-1-3-6-12)16-8-10-20-15(16)13-7-4-9-18-13/h1-7,9,15H,8,10-11H2/t15-/m0/s1. The average Bonchev–Trinajstić information content (AvgIpc) is 3.15. The Morgan fingerprint density at radius 1 is 1.30 bits per heavy atom. The number of ether oxygens (including phenoxy) is 1. The Labute approximate surface area is 121 Å². The van der Waals surface area contributed by atoms with E-state index in [9.17, 15) is 4.79 Å². The van der Waals surface area contributed by atoms with Gasteiger partial charge in [-0.05, 0) is 24.3 Å². The fraction of sp³-hybridized carbons (Fsp3) is 0.267. The number of rotatable bonds is 4. The summed E-state index contributed by atoms with van der Waals surface area (Å²) < 4.78 is 10.9. The van der Waals surface area contributed by atoms with Gasteiger partial charge in [0.25, 0.3) is 5.91 Å². The number of thioether (sulfide) groups is 1. The minimum Gasteiger partial charge on any atom is -0.484 e. The number of carbonyl (C=O) groups is 1. The zero-order valence-electron chi connectivity index (χ0n) is 10.9. The lowest BCUT2D eigenvalue weighted by Crippen LogP contribution is -2.34. The first-order valence-electron chi connectivity index (χ1n) is 6.47. The molecule has 0 radical (unpaired) electrons. The van der Waals surface area contributed by atoms with Crippen molar-refractivity contribution < 1.29 is 13.9 Å². The number of para-hydroxylation sites is 1. The predicted octanol–water partition coefficient (Wildman–Crippen LogP) is 2.93. The van der Waals surface area contributed by atoms with E-state index in [1.165, 1.54) is 0 Å². The highest BCUT2D eigenvalue weighted by molar-refractivity contribution is 7.99. The van der Waals surface area contributed by atoms with Gasteiger partial charge < -0.3 is 14.1 Å². The average molecular weight is 289 g/mol. The van der Waals surface area contributed by atoms with Gasteiger partial charge >= 0.3 is 0 Å². The first kappa shape index (κ1) is 13.1. The van der Waals surface area contributed by atoms with Crippen LogP contribution in [0.25, 0.3) is 0 Å². The predicted molar refractivity (Wildman–Crippen MR) is 77.6 cm³/mol. The van der Waals surface area contributed by atoms with E-state index in [1.807, 2.05) is 47.4 Å². The van der Waals surface area contributed by atoms with Crippen molar-refractivity contribution in [2.75, 3.05) is 18.9 Å². The molecular formula is C15H15NO3S. The van der Waals surface area contributed by atoms with Crippen LogP contribution in [-0.4, -0.2) is 29.7 Å².